The lowest BCUT2D eigenvalue weighted by molar-refractivity contribution is -0.139. The van der Waals surface area contributed by atoms with Gasteiger partial charge in [0.05, 0.1) is 19.8 Å². The number of carbonyl (C=O) groups is 2. The van der Waals surface area contributed by atoms with Gasteiger partial charge in [0.2, 0.25) is 0 Å². The summed E-state index contributed by atoms with van der Waals surface area (Å²) in [4.78, 5) is 23.7. The van der Waals surface area contributed by atoms with Crippen LogP contribution in [0.15, 0.2) is 78.9 Å². The first-order valence-corrected chi connectivity index (χ1v) is 13.3. The van der Waals surface area contributed by atoms with Crippen molar-refractivity contribution >= 4 is 11.9 Å². The molecule has 0 unspecified atom stereocenters. The Labute approximate surface area is 239 Å². The van der Waals surface area contributed by atoms with E-state index < -0.39 is 23.6 Å². The lowest BCUT2D eigenvalue weighted by atomic mass is 9.98. The van der Waals surface area contributed by atoms with Gasteiger partial charge < -0.3 is 18.9 Å². The Morgan fingerprint density at radius 1 is 0.683 bits per heavy atom. The third kappa shape index (κ3) is 9.03. The van der Waals surface area contributed by atoms with Crippen LogP contribution < -0.4 is 14.2 Å². The quantitative estimate of drug-likeness (QED) is 0.0860. The minimum absolute atomic E-state index is 0.0331. The lowest BCUT2D eigenvalue weighted by Gasteiger charge is -2.13. The van der Waals surface area contributed by atoms with E-state index in [1.165, 1.54) is 25.1 Å². The molecule has 0 spiro atoms. The molecule has 0 heterocycles. The fourth-order valence-corrected chi connectivity index (χ4v) is 3.64. The molecule has 3 aromatic carbocycles. The Bertz CT molecular complexity index is 1430. The van der Waals surface area contributed by atoms with E-state index in [-0.39, 0.29) is 36.0 Å². The molecule has 0 aliphatic carbocycles. The molecular weight excluding hydrogens is 530 g/mol. The van der Waals surface area contributed by atoms with E-state index >= 15 is 0 Å². The summed E-state index contributed by atoms with van der Waals surface area (Å²) in [6.07, 6.45) is 2.11. The Hall–Kier alpha value is -4.46. The zero-order valence-electron chi connectivity index (χ0n) is 23.6. The summed E-state index contributed by atoms with van der Waals surface area (Å²) in [5, 5.41) is 0. The molecule has 0 fully saturated rings. The van der Waals surface area contributed by atoms with Crippen LogP contribution in [0, 0.1) is 11.6 Å². The zero-order valence-corrected chi connectivity index (χ0v) is 23.6. The van der Waals surface area contributed by atoms with Gasteiger partial charge in [-0.25, -0.2) is 18.4 Å². The molecule has 0 amide bonds. The fraction of sp³-hybridized carbons (Fsp3) is 0.273. The van der Waals surface area contributed by atoms with Gasteiger partial charge in [0.15, 0.2) is 23.1 Å². The molecular formula is C33H34F2O6. The SMILES string of the molecule is C=C(C)C(=O)OCCCOc1ccc(-c2cc(OC(=O)C(=C)C)cc(-c3ccc(OCCCC)c(F)c3)c2)cc1F. The molecule has 0 aliphatic heterocycles. The van der Waals surface area contributed by atoms with Gasteiger partial charge in [-0.05, 0) is 85.0 Å². The van der Waals surface area contributed by atoms with Crippen molar-refractivity contribution in [2.45, 2.75) is 40.0 Å². The van der Waals surface area contributed by atoms with Gasteiger partial charge in [0, 0.05) is 17.6 Å². The number of halogens is 2. The van der Waals surface area contributed by atoms with Crippen molar-refractivity contribution in [3.63, 3.8) is 0 Å². The summed E-state index contributed by atoms with van der Waals surface area (Å²) < 4.78 is 51.3. The summed E-state index contributed by atoms with van der Waals surface area (Å²) in [5.41, 5.74) is 2.60. The predicted octanol–water partition coefficient (Wildman–Crippen LogP) is 7.85. The number of carbonyl (C=O) groups excluding carboxylic acids is 2. The van der Waals surface area contributed by atoms with Gasteiger partial charge in [-0.2, -0.15) is 0 Å². The normalized spacial score (nSPS) is 10.6. The Kier molecular flexibility index (Phi) is 11.2. The van der Waals surface area contributed by atoms with Gasteiger partial charge in [0.1, 0.15) is 5.75 Å². The van der Waals surface area contributed by atoms with Crippen LogP contribution in [-0.2, 0) is 14.3 Å². The fourth-order valence-electron chi connectivity index (χ4n) is 3.64. The third-order valence-corrected chi connectivity index (χ3v) is 5.88. The molecule has 3 aromatic rings. The number of unbranched alkanes of at least 4 members (excludes halogenated alkanes) is 1. The Morgan fingerprint density at radius 2 is 1.20 bits per heavy atom. The molecule has 0 bridgehead atoms. The average molecular weight is 565 g/mol. The van der Waals surface area contributed by atoms with E-state index in [0.717, 1.165) is 12.8 Å². The summed E-state index contributed by atoms with van der Waals surface area (Å²) in [5.74, 6) is -1.86. The van der Waals surface area contributed by atoms with Crippen LogP contribution in [0.2, 0.25) is 0 Å². The maximum atomic E-state index is 15.0. The van der Waals surface area contributed by atoms with Gasteiger partial charge in [-0.15, -0.1) is 0 Å². The average Bonchev–Trinajstić information content (AvgIpc) is 2.94. The summed E-state index contributed by atoms with van der Waals surface area (Å²) in [6.45, 7) is 12.9. The predicted molar refractivity (Wildman–Crippen MR) is 154 cm³/mol. The van der Waals surface area contributed by atoms with Crippen LogP contribution in [0.1, 0.15) is 40.0 Å². The number of rotatable bonds is 14. The minimum Gasteiger partial charge on any atom is -0.491 e. The van der Waals surface area contributed by atoms with E-state index in [2.05, 4.69) is 13.2 Å². The monoisotopic (exact) mass is 564 g/mol. The van der Waals surface area contributed by atoms with Crippen LogP contribution in [0.4, 0.5) is 8.78 Å². The van der Waals surface area contributed by atoms with Crippen molar-refractivity contribution in [2.75, 3.05) is 19.8 Å². The molecule has 0 saturated carbocycles. The second kappa shape index (κ2) is 14.8. The first-order chi connectivity index (χ1) is 19.6. The number of hydrogen-bond donors (Lipinski definition) is 0. The summed E-state index contributed by atoms with van der Waals surface area (Å²) in [7, 11) is 0. The molecule has 0 radical (unpaired) electrons. The smallest absolute Gasteiger partial charge is 0.338 e. The Morgan fingerprint density at radius 3 is 1.66 bits per heavy atom. The zero-order chi connectivity index (χ0) is 29.9. The van der Waals surface area contributed by atoms with Crippen molar-refractivity contribution in [1.82, 2.24) is 0 Å². The molecule has 41 heavy (non-hydrogen) atoms. The van der Waals surface area contributed by atoms with Crippen LogP contribution in [0.3, 0.4) is 0 Å². The minimum atomic E-state index is -0.622. The maximum Gasteiger partial charge on any atom is 0.338 e. The van der Waals surface area contributed by atoms with Crippen molar-refractivity contribution in [3.8, 4) is 39.5 Å². The van der Waals surface area contributed by atoms with E-state index in [0.29, 0.717) is 40.9 Å². The van der Waals surface area contributed by atoms with E-state index in [1.54, 1.807) is 43.3 Å². The molecule has 0 saturated heterocycles. The molecule has 0 N–H and O–H groups in total. The molecule has 0 aromatic heterocycles. The van der Waals surface area contributed by atoms with Crippen molar-refractivity contribution in [1.29, 1.82) is 0 Å². The van der Waals surface area contributed by atoms with Crippen molar-refractivity contribution < 1.29 is 37.3 Å². The largest absolute Gasteiger partial charge is 0.491 e. The molecule has 216 valence electrons. The van der Waals surface area contributed by atoms with Gasteiger partial charge >= 0.3 is 11.9 Å². The van der Waals surface area contributed by atoms with Gasteiger partial charge in [-0.1, -0.05) is 38.6 Å². The second-order valence-corrected chi connectivity index (χ2v) is 9.53. The molecule has 0 aliphatic rings. The highest BCUT2D eigenvalue weighted by molar-refractivity contribution is 5.89. The number of ether oxygens (including phenoxy) is 4. The highest BCUT2D eigenvalue weighted by Crippen LogP contribution is 2.35. The molecule has 6 nitrogen and oxygen atoms in total. The highest BCUT2D eigenvalue weighted by atomic mass is 19.1. The first kappa shape index (κ1) is 31.1. The van der Waals surface area contributed by atoms with E-state index in [1.807, 2.05) is 6.92 Å². The van der Waals surface area contributed by atoms with Crippen LogP contribution in [0.25, 0.3) is 22.3 Å². The van der Waals surface area contributed by atoms with Crippen LogP contribution in [0.5, 0.6) is 17.2 Å². The second-order valence-electron chi connectivity index (χ2n) is 9.53. The summed E-state index contributed by atoms with van der Waals surface area (Å²) >= 11 is 0. The first-order valence-electron chi connectivity index (χ1n) is 13.3. The van der Waals surface area contributed by atoms with Crippen molar-refractivity contribution in [2.24, 2.45) is 0 Å². The number of benzene rings is 3. The highest BCUT2D eigenvalue weighted by Gasteiger charge is 2.14. The molecule has 3 rings (SSSR count). The maximum absolute atomic E-state index is 15.0. The number of hydrogen-bond acceptors (Lipinski definition) is 6. The third-order valence-electron chi connectivity index (χ3n) is 5.88. The lowest BCUT2D eigenvalue weighted by Crippen LogP contribution is -2.09. The van der Waals surface area contributed by atoms with Gasteiger partial charge in [-0.3, -0.25) is 0 Å². The topological polar surface area (TPSA) is 71.1 Å². The molecule has 8 heteroatoms. The van der Waals surface area contributed by atoms with Crippen LogP contribution in [-0.4, -0.2) is 31.8 Å². The van der Waals surface area contributed by atoms with Gasteiger partial charge in [0.25, 0.3) is 0 Å². The Balaban J connectivity index is 1.85. The summed E-state index contributed by atoms with van der Waals surface area (Å²) in [6, 6.07) is 14.0. The van der Waals surface area contributed by atoms with Crippen molar-refractivity contribution in [3.05, 3.63) is 90.5 Å². The van der Waals surface area contributed by atoms with E-state index in [9.17, 15) is 18.4 Å². The standard InChI is InChI=1S/C33H34F2O6/c1-6-7-13-38-30-11-9-23(19-28(30)34)25-16-26(18-27(17-25)41-33(37)22(4)5)24-10-12-31(29(35)20-24)39-14-8-15-40-32(36)21(2)3/h9-12,16-20H,2,4,6-8,13-15H2,1,3,5H3. The van der Waals surface area contributed by atoms with Crippen LogP contribution >= 0.6 is 0 Å². The molecule has 0 atom stereocenters. The van der Waals surface area contributed by atoms with E-state index in [4.69, 9.17) is 18.9 Å². The number of esters is 2.